The number of hydrogen-bond acceptors (Lipinski definition) is 7. The van der Waals surface area contributed by atoms with Crippen LogP contribution in [0.5, 0.6) is 0 Å². The third-order valence-corrected chi connectivity index (χ3v) is 6.69. The molecule has 0 bridgehead atoms. The second-order valence-electron chi connectivity index (χ2n) is 11.6. The zero-order valence-electron chi connectivity index (χ0n) is 21.8. The molecule has 184 valence electrons. The number of piperidine rings is 1. The Labute approximate surface area is 199 Å². The summed E-state index contributed by atoms with van der Waals surface area (Å²) < 4.78 is 17.8. The highest BCUT2D eigenvalue weighted by atomic mass is 16.7. The molecule has 2 saturated heterocycles. The highest BCUT2D eigenvalue weighted by Gasteiger charge is 2.52. The molecule has 8 nitrogen and oxygen atoms in total. The molecule has 1 atom stereocenters. The second kappa shape index (κ2) is 9.41. The summed E-state index contributed by atoms with van der Waals surface area (Å²) in [6, 6.07) is 0.226. The standard InChI is InChI=1S/C24H41BN4O4/c1-17(2)29(16-18-11-10-12-28(15-18)21(30)31-22(3,4)5)20-26-13-19(14-27-20)25-32-23(6,7)24(8,9)33-25/h13-14,17-18H,10-12,15-16H2,1-9H3. The van der Waals surface area contributed by atoms with Gasteiger partial charge in [-0.25, -0.2) is 14.8 Å². The Morgan fingerprint density at radius 3 is 2.30 bits per heavy atom. The highest BCUT2D eigenvalue weighted by Crippen LogP contribution is 2.36. The van der Waals surface area contributed by atoms with E-state index < -0.39 is 23.9 Å². The number of hydrogen-bond donors (Lipinski definition) is 0. The molecule has 0 aliphatic carbocycles. The monoisotopic (exact) mass is 460 g/mol. The molecule has 0 aromatic carbocycles. The first kappa shape index (κ1) is 25.8. The molecule has 33 heavy (non-hydrogen) atoms. The van der Waals surface area contributed by atoms with Crippen LogP contribution in [0.15, 0.2) is 12.4 Å². The molecule has 0 saturated carbocycles. The van der Waals surface area contributed by atoms with Gasteiger partial charge in [-0.05, 0) is 81.1 Å². The maximum Gasteiger partial charge on any atom is 0.498 e. The lowest BCUT2D eigenvalue weighted by atomic mass is 9.81. The van der Waals surface area contributed by atoms with Gasteiger partial charge in [-0.1, -0.05) is 0 Å². The number of nitrogens with zero attached hydrogens (tertiary/aromatic N) is 4. The number of carbonyl (C=O) groups excluding carboxylic acids is 1. The zero-order chi connectivity index (χ0) is 24.6. The SMILES string of the molecule is CC(C)N(CC1CCCN(C(=O)OC(C)(C)C)C1)c1ncc(B2OC(C)(C)C(C)(C)O2)cn1. The lowest BCUT2D eigenvalue weighted by Crippen LogP contribution is -2.47. The number of aromatic nitrogens is 2. The highest BCUT2D eigenvalue weighted by molar-refractivity contribution is 6.61. The molecule has 1 amide bonds. The fourth-order valence-corrected chi connectivity index (χ4v) is 4.09. The van der Waals surface area contributed by atoms with Crippen molar-refractivity contribution in [2.45, 2.75) is 98.0 Å². The zero-order valence-corrected chi connectivity index (χ0v) is 21.8. The van der Waals surface area contributed by atoms with Crippen LogP contribution in [0.1, 0.15) is 75.2 Å². The maximum atomic E-state index is 12.5. The molecule has 3 heterocycles. The molecular weight excluding hydrogens is 419 g/mol. The molecular formula is C24H41BN4O4. The summed E-state index contributed by atoms with van der Waals surface area (Å²) in [6.07, 6.45) is 5.40. The minimum absolute atomic E-state index is 0.226. The number of rotatable bonds is 5. The molecule has 9 heteroatoms. The Bertz CT molecular complexity index is 807. The third-order valence-electron chi connectivity index (χ3n) is 6.69. The summed E-state index contributed by atoms with van der Waals surface area (Å²) in [5, 5.41) is 0. The quantitative estimate of drug-likeness (QED) is 0.621. The van der Waals surface area contributed by atoms with Crippen LogP contribution in [-0.2, 0) is 14.0 Å². The Morgan fingerprint density at radius 1 is 1.21 bits per heavy atom. The molecule has 0 N–H and O–H groups in total. The van der Waals surface area contributed by atoms with Crippen molar-refractivity contribution in [3.05, 3.63) is 12.4 Å². The maximum absolute atomic E-state index is 12.5. The van der Waals surface area contributed by atoms with Gasteiger partial charge in [-0.2, -0.15) is 0 Å². The molecule has 0 radical (unpaired) electrons. The third kappa shape index (κ3) is 6.18. The lowest BCUT2D eigenvalue weighted by Gasteiger charge is -2.37. The van der Waals surface area contributed by atoms with Crippen molar-refractivity contribution in [2.24, 2.45) is 5.92 Å². The van der Waals surface area contributed by atoms with Crippen LogP contribution in [0.3, 0.4) is 0 Å². The topological polar surface area (TPSA) is 77.0 Å². The fraction of sp³-hybridized carbons (Fsp3) is 0.792. The van der Waals surface area contributed by atoms with Gasteiger partial charge in [0, 0.05) is 43.5 Å². The molecule has 1 aromatic heterocycles. The van der Waals surface area contributed by atoms with Gasteiger partial charge >= 0.3 is 13.2 Å². The molecule has 1 unspecified atom stereocenters. The smallest absolute Gasteiger partial charge is 0.444 e. The largest absolute Gasteiger partial charge is 0.498 e. The summed E-state index contributed by atoms with van der Waals surface area (Å²) in [4.78, 5) is 25.9. The van der Waals surface area contributed by atoms with Gasteiger partial charge in [0.2, 0.25) is 5.95 Å². The van der Waals surface area contributed by atoms with Gasteiger partial charge in [-0.3, -0.25) is 0 Å². The Hall–Kier alpha value is -1.87. The second-order valence-corrected chi connectivity index (χ2v) is 11.6. The summed E-state index contributed by atoms with van der Waals surface area (Å²) in [7, 11) is -0.475. The summed E-state index contributed by atoms with van der Waals surface area (Å²) >= 11 is 0. The average Bonchev–Trinajstić information content (AvgIpc) is 2.92. The van der Waals surface area contributed by atoms with Crippen LogP contribution in [0.2, 0.25) is 0 Å². The minimum atomic E-state index is -0.485. The first-order chi connectivity index (χ1) is 15.2. The van der Waals surface area contributed by atoms with Gasteiger partial charge in [0.25, 0.3) is 0 Å². The lowest BCUT2D eigenvalue weighted by molar-refractivity contribution is 0.00578. The van der Waals surface area contributed by atoms with Crippen molar-refractivity contribution < 1.29 is 18.8 Å². The first-order valence-corrected chi connectivity index (χ1v) is 12.1. The Kier molecular flexibility index (Phi) is 7.34. The van der Waals surface area contributed by atoms with Gasteiger partial charge in [0.15, 0.2) is 0 Å². The first-order valence-electron chi connectivity index (χ1n) is 12.1. The van der Waals surface area contributed by atoms with Crippen LogP contribution >= 0.6 is 0 Å². The van der Waals surface area contributed by atoms with E-state index in [1.807, 2.05) is 53.4 Å². The number of anilines is 1. The summed E-state index contributed by atoms with van der Waals surface area (Å²) in [5.41, 5.74) is -0.474. The van der Waals surface area contributed by atoms with Crippen molar-refractivity contribution in [1.29, 1.82) is 0 Å². The number of carbonyl (C=O) groups is 1. The van der Waals surface area contributed by atoms with Crippen molar-refractivity contribution >= 4 is 24.6 Å². The van der Waals surface area contributed by atoms with Crippen molar-refractivity contribution in [1.82, 2.24) is 14.9 Å². The number of likely N-dealkylation sites (tertiary alicyclic amines) is 1. The van der Waals surface area contributed by atoms with E-state index in [1.54, 1.807) is 12.4 Å². The molecule has 2 fully saturated rings. The van der Waals surface area contributed by atoms with Crippen LogP contribution in [0.4, 0.5) is 10.7 Å². The summed E-state index contributed by atoms with van der Waals surface area (Å²) in [5.74, 6) is 1.01. The van der Waals surface area contributed by atoms with Crippen molar-refractivity contribution in [2.75, 3.05) is 24.5 Å². The number of amides is 1. The van der Waals surface area contributed by atoms with Crippen LogP contribution in [0.25, 0.3) is 0 Å². The van der Waals surface area contributed by atoms with E-state index in [4.69, 9.17) is 14.0 Å². The molecule has 1 aromatic rings. The Morgan fingerprint density at radius 2 is 1.79 bits per heavy atom. The van der Waals surface area contributed by atoms with Gasteiger partial charge in [-0.15, -0.1) is 0 Å². The van der Waals surface area contributed by atoms with Gasteiger partial charge < -0.3 is 23.8 Å². The molecule has 2 aliphatic rings. The normalized spacial score (nSPS) is 22.5. The fourth-order valence-electron chi connectivity index (χ4n) is 4.09. The van der Waals surface area contributed by atoms with Gasteiger partial charge in [0.05, 0.1) is 11.2 Å². The van der Waals surface area contributed by atoms with Crippen LogP contribution in [-0.4, -0.2) is 70.6 Å². The molecule has 0 spiro atoms. The summed E-state index contributed by atoms with van der Waals surface area (Å²) in [6.45, 7) is 20.3. The van der Waals surface area contributed by atoms with Crippen LogP contribution in [0, 0.1) is 5.92 Å². The van der Waals surface area contributed by atoms with E-state index >= 15 is 0 Å². The van der Waals surface area contributed by atoms with E-state index in [0.29, 0.717) is 18.4 Å². The Balaban J connectivity index is 1.66. The van der Waals surface area contributed by atoms with Crippen LogP contribution < -0.4 is 10.4 Å². The van der Waals surface area contributed by atoms with Gasteiger partial charge in [0.1, 0.15) is 5.60 Å². The van der Waals surface area contributed by atoms with E-state index in [1.165, 1.54) is 0 Å². The van der Waals surface area contributed by atoms with Crippen molar-refractivity contribution in [3.63, 3.8) is 0 Å². The minimum Gasteiger partial charge on any atom is -0.444 e. The molecule has 3 rings (SSSR count). The van der Waals surface area contributed by atoms with E-state index in [-0.39, 0.29) is 12.1 Å². The van der Waals surface area contributed by atoms with Crippen molar-refractivity contribution in [3.8, 4) is 0 Å². The predicted molar refractivity (Wildman–Crippen MR) is 131 cm³/mol. The average molecular weight is 460 g/mol. The predicted octanol–water partition coefficient (Wildman–Crippen LogP) is 3.64. The molecule has 2 aliphatic heterocycles. The van der Waals surface area contributed by atoms with E-state index in [0.717, 1.165) is 31.4 Å². The van der Waals surface area contributed by atoms with E-state index in [2.05, 4.69) is 28.7 Å². The van der Waals surface area contributed by atoms with E-state index in [9.17, 15) is 4.79 Å². The number of ether oxygens (including phenoxy) is 1.